The van der Waals surface area contributed by atoms with Gasteiger partial charge in [-0.15, -0.1) is 0 Å². The van der Waals surface area contributed by atoms with Gasteiger partial charge in [0.25, 0.3) is 5.91 Å². The third-order valence-corrected chi connectivity index (χ3v) is 3.29. The van der Waals surface area contributed by atoms with E-state index in [0.29, 0.717) is 24.2 Å². The van der Waals surface area contributed by atoms with Gasteiger partial charge in [0.1, 0.15) is 6.04 Å². The number of pyridine rings is 1. The summed E-state index contributed by atoms with van der Waals surface area (Å²) in [6, 6.07) is 2.84. The molecule has 2 aliphatic rings. The van der Waals surface area contributed by atoms with Crippen molar-refractivity contribution in [2.24, 2.45) is 0 Å². The van der Waals surface area contributed by atoms with Crippen LogP contribution >= 0.6 is 0 Å². The smallest absolute Gasteiger partial charge is 0.256 e. The molecule has 1 aromatic heterocycles. The molecule has 0 aliphatic carbocycles. The lowest BCUT2D eigenvalue weighted by molar-refractivity contribution is -0.136. The van der Waals surface area contributed by atoms with Crippen molar-refractivity contribution in [2.75, 3.05) is 0 Å². The van der Waals surface area contributed by atoms with Crippen molar-refractivity contribution in [3.8, 4) is 0 Å². The van der Waals surface area contributed by atoms with Crippen LogP contribution in [0.4, 0.5) is 0 Å². The highest BCUT2D eigenvalue weighted by Gasteiger charge is 2.39. The number of carbonyl (C=O) groups is 3. The predicted octanol–water partition coefficient (Wildman–Crippen LogP) is -0.157. The van der Waals surface area contributed by atoms with Crippen LogP contribution < -0.4 is 5.32 Å². The third kappa shape index (κ3) is 1.57. The van der Waals surface area contributed by atoms with Gasteiger partial charge in [-0.2, -0.15) is 0 Å². The molecule has 1 unspecified atom stereocenters. The van der Waals surface area contributed by atoms with Crippen LogP contribution in [0.5, 0.6) is 0 Å². The van der Waals surface area contributed by atoms with Gasteiger partial charge in [0.15, 0.2) is 0 Å². The largest absolute Gasteiger partial charge is 0.321 e. The molecule has 6 nitrogen and oxygen atoms in total. The van der Waals surface area contributed by atoms with Crippen molar-refractivity contribution >= 4 is 17.7 Å². The minimum absolute atomic E-state index is 0.187. The third-order valence-electron chi connectivity index (χ3n) is 3.29. The number of amides is 3. The Morgan fingerprint density at radius 3 is 2.89 bits per heavy atom. The lowest BCUT2D eigenvalue weighted by atomic mass is 10.0. The van der Waals surface area contributed by atoms with Crippen LogP contribution in [0, 0.1) is 0 Å². The number of hydrogen-bond donors (Lipinski definition) is 1. The minimum atomic E-state index is -0.565. The van der Waals surface area contributed by atoms with Crippen molar-refractivity contribution in [3.63, 3.8) is 0 Å². The monoisotopic (exact) mass is 245 g/mol. The highest BCUT2D eigenvalue weighted by Crippen LogP contribution is 2.25. The van der Waals surface area contributed by atoms with Gasteiger partial charge in [-0.05, 0) is 18.6 Å². The summed E-state index contributed by atoms with van der Waals surface area (Å²) >= 11 is 0. The van der Waals surface area contributed by atoms with E-state index >= 15 is 0 Å². The van der Waals surface area contributed by atoms with Gasteiger partial charge < -0.3 is 4.90 Å². The fourth-order valence-corrected chi connectivity index (χ4v) is 2.38. The quantitative estimate of drug-likeness (QED) is 0.697. The Morgan fingerprint density at radius 2 is 2.17 bits per heavy atom. The molecular formula is C12H11N3O3. The molecule has 0 bridgehead atoms. The molecule has 1 aromatic rings. The topological polar surface area (TPSA) is 79.4 Å². The van der Waals surface area contributed by atoms with Crippen LogP contribution in [0.25, 0.3) is 0 Å². The lowest BCUT2D eigenvalue weighted by Gasteiger charge is -2.29. The molecule has 3 amide bonds. The average molecular weight is 245 g/mol. The second-order valence-electron chi connectivity index (χ2n) is 4.40. The number of imide groups is 1. The number of carbonyl (C=O) groups excluding carboxylic acids is 3. The highest BCUT2D eigenvalue weighted by atomic mass is 16.2. The molecule has 0 radical (unpaired) electrons. The van der Waals surface area contributed by atoms with Gasteiger partial charge in [0.2, 0.25) is 11.8 Å². The number of nitrogens with one attached hydrogen (secondary N) is 1. The SMILES string of the molecule is O=C1CCC(N2Cc3ncccc3C2=O)C(=O)N1. The van der Waals surface area contributed by atoms with Crippen molar-refractivity contribution in [1.82, 2.24) is 15.2 Å². The van der Waals surface area contributed by atoms with Crippen molar-refractivity contribution in [1.29, 1.82) is 0 Å². The number of hydrogen-bond acceptors (Lipinski definition) is 4. The van der Waals surface area contributed by atoms with Crippen molar-refractivity contribution in [3.05, 3.63) is 29.6 Å². The van der Waals surface area contributed by atoms with E-state index in [2.05, 4.69) is 10.3 Å². The second-order valence-corrected chi connectivity index (χ2v) is 4.40. The first kappa shape index (κ1) is 10.9. The van der Waals surface area contributed by atoms with Gasteiger partial charge in [-0.25, -0.2) is 0 Å². The molecule has 0 aromatic carbocycles. The van der Waals surface area contributed by atoms with E-state index in [9.17, 15) is 14.4 Å². The zero-order chi connectivity index (χ0) is 12.7. The fraction of sp³-hybridized carbons (Fsp3) is 0.333. The van der Waals surface area contributed by atoms with E-state index in [0.717, 1.165) is 0 Å². The molecule has 1 atom stereocenters. The van der Waals surface area contributed by atoms with Crippen LogP contribution in [0.3, 0.4) is 0 Å². The zero-order valence-corrected chi connectivity index (χ0v) is 9.55. The van der Waals surface area contributed by atoms with Crippen LogP contribution in [0.2, 0.25) is 0 Å². The van der Waals surface area contributed by atoms with E-state index in [4.69, 9.17) is 0 Å². The fourth-order valence-electron chi connectivity index (χ4n) is 2.38. The van der Waals surface area contributed by atoms with Crippen LogP contribution in [0.1, 0.15) is 28.9 Å². The first-order valence-electron chi connectivity index (χ1n) is 5.75. The molecule has 1 fully saturated rings. The lowest BCUT2D eigenvalue weighted by Crippen LogP contribution is -2.52. The molecule has 1 N–H and O–H groups in total. The molecule has 6 heteroatoms. The maximum Gasteiger partial charge on any atom is 0.256 e. The molecule has 1 saturated heterocycles. The van der Waals surface area contributed by atoms with Crippen LogP contribution in [-0.4, -0.2) is 33.6 Å². The van der Waals surface area contributed by atoms with E-state index in [1.54, 1.807) is 18.3 Å². The summed E-state index contributed by atoms with van der Waals surface area (Å²) in [6.07, 6.45) is 2.27. The van der Waals surface area contributed by atoms with Gasteiger partial charge in [0.05, 0.1) is 17.8 Å². The molecular weight excluding hydrogens is 234 g/mol. The predicted molar refractivity (Wildman–Crippen MR) is 60.3 cm³/mol. The van der Waals surface area contributed by atoms with Crippen LogP contribution in [0.15, 0.2) is 18.3 Å². The maximum absolute atomic E-state index is 12.1. The standard InChI is InChI=1S/C12H11N3O3/c16-10-4-3-9(11(17)14-10)15-6-8-7(12(15)18)2-1-5-13-8/h1-2,5,9H,3-4,6H2,(H,14,16,17). The Balaban J connectivity index is 1.86. The number of aromatic nitrogens is 1. The van der Waals surface area contributed by atoms with E-state index in [1.165, 1.54) is 4.90 Å². The zero-order valence-electron chi connectivity index (χ0n) is 9.55. The summed E-state index contributed by atoms with van der Waals surface area (Å²) in [7, 11) is 0. The Morgan fingerprint density at radius 1 is 1.33 bits per heavy atom. The van der Waals surface area contributed by atoms with E-state index in [1.807, 2.05) is 0 Å². The summed E-state index contributed by atoms with van der Waals surface area (Å²) < 4.78 is 0. The summed E-state index contributed by atoms with van der Waals surface area (Å²) in [5.74, 6) is -0.862. The summed E-state index contributed by atoms with van der Waals surface area (Å²) in [4.78, 5) is 40.6. The first-order valence-corrected chi connectivity index (χ1v) is 5.75. The molecule has 92 valence electrons. The highest BCUT2D eigenvalue weighted by molar-refractivity contribution is 6.05. The Hall–Kier alpha value is -2.24. The van der Waals surface area contributed by atoms with Gasteiger partial charge >= 0.3 is 0 Å². The van der Waals surface area contributed by atoms with Gasteiger partial charge in [0, 0.05) is 12.6 Å². The Bertz CT molecular complexity index is 555. The Labute approximate surface area is 103 Å². The molecule has 2 aliphatic heterocycles. The number of rotatable bonds is 1. The molecule has 0 saturated carbocycles. The summed E-state index contributed by atoms with van der Waals surface area (Å²) in [5, 5.41) is 2.26. The summed E-state index contributed by atoms with van der Waals surface area (Å²) in [6.45, 7) is 0.335. The Kier molecular flexibility index (Phi) is 2.36. The molecule has 18 heavy (non-hydrogen) atoms. The molecule has 0 spiro atoms. The number of fused-ring (bicyclic) bond motifs is 1. The van der Waals surface area contributed by atoms with Crippen LogP contribution in [-0.2, 0) is 16.1 Å². The maximum atomic E-state index is 12.1. The van der Waals surface area contributed by atoms with Crippen molar-refractivity contribution in [2.45, 2.75) is 25.4 Å². The van der Waals surface area contributed by atoms with Crippen molar-refractivity contribution < 1.29 is 14.4 Å². The summed E-state index contributed by atoms with van der Waals surface area (Å²) in [5.41, 5.74) is 1.23. The minimum Gasteiger partial charge on any atom is -0.321 e. The van der Waals surface area contributed by atoms with Gasteiger partial charge in [-0.1, -0.05) is 0 Å². The average Bonchev–Trinajstić information content (AvgIpc) is 2.68. The molecule has 3 rings (SSSR count). The normalized spacial score (nSPS) is 23.0. The number of piperidine rings is 1. The number of nitrogens with zero attached hydrogens (tertiary/aromatic N) is 2. The second kappa shape index (κ2) is 3.90. The van der Waals surface area contributed by atoms with E-state index < -0.39 is 11.9 Å². The molecule has 3 heterocycles. The first-order chi connectivity index (χ1) is 8.66. The van der Waals surface area contributed by atoms with E-state index in [-0.39, 0.29) is 18.2 Å². The van der Waals surface area contributed by atoms with Gasteiger partial charge in [-0.3, -0.25) is 24.7 Å².